The minimum atomic E-state index is -0.985. The SMILES string of the molecule is CCC(CC)(NCC(=O)NC1CCCCCC1)C(=O)O. The molecule has 5 heteroatoms. The molecule has 1 amide bonds. The monoisotopic (exact) mass is 284 g/mol. The van der Waals surface area contributed by atoms with Gasteiger partial charge in [-0.3, -0.25) is 14.9 Å². The van der Waals surface area contributed by atoms with Crippen molar-refractivity contribution in [3.05, 3.63) is 0 Å². The number of carboxylic acids is 1. The summed E-state index contributed by atoms with van der Waals surface area (Å²) in [7, 11) is 0. The Morgan fingerprint density at radius 3 is 2.10 bits per heavy atom. The van der Waals surface area contributed by atoms with Gasteiger partial charge in [0.2, 0.25) is 5.91 Å². The first-order valence-corrected chi connectivity index (χ1v) is 7.82. The van der Waals surface area contributed by atoms with E-state index in [2.05, 4.69) is 10.6 Å². The van der Waals surface area contributed by atoms with E-state index < -0.39 is 11.5 Å². The fourth-order valence-electron chi connectivity index (χ4n) is 2.83. The van der Waals surface area contributed by atoms with Gasteiger partial charge in [0.05, 0.1) is 6.54 Å². The molecule has 0 bridgehead atoms. The third-order valence-corrected chi connectivity index (χ3v) is 4.42. The highest BCUT2D eigenvalue weighted by atomic mass is 16.4. The van der Waals surface area contributed by atoms with Crippen molar-refractivity contribution in [2.75, 3.05) is 6.54 Å². The molecule has 0 saturated heterocycles. The van der Waals surface area contributed by atoms with Gasteiger partial charge in [-0.05, 0) is 25.7 Å². The first-order valence-electron chi connectivity index (χ1n) is 7.82. The van der Waals surface area contributed by atoms with E-state index in [0.29, 0.717) is 12.8 Å². The molecule has 1 rings (SSSR count). The fraction of sp³-hybridized carbons (Fsp3) is 0.867. The van der Waals surface area contributed by atoms with Crippen LogP contribution < -0.4 is 10.6 Å². The van der Waals surface area contributed by atoms with Crippen LogP contribution in [-0.4, -0.2) is 35.1 Å². The maximum atomic E-state index is 12.0. The van der Waals surface area contributed by atoms with Gasteiger partial charge in [-0.25, -0.2) is 0 Å². The lowest BCUT2D eigenvalue weighted by Crippen LogP contribution is -2.54. The minimum Gasteiger partial charge on any atom is -0.480 e. The van der Waals surface area contributed by atoms with Gasteiger partial charge >= 0.3 is 5.97 Å². The van der Waals surface area contributed by atoms with Crippen molar-refractivity contribution in [2.24, 2.45) is 0 Å². The first kappa shape index (κ1) is 17.0. The average molecular weight is 284 g/mol. The zero-order valence-corrected chi connectivity index (χ0v) is 12.7. The van der Waals surface area contributed by atoms with Gasteiger partial charge in [-0.2, -0.15) is 0 Å². The Bertz CT molecular complexity index is 319. The number of aliphatic carboxylic acids is 1. The topological polar surface area (TPSA) is 78.4 Å². The number of carbonyl (C=O) groups excluding carboxylic acids is 1. The summed E-state index contributed by atoms with van der Waals surface area (Å²) in [5, 5.41) is 15.3. The highest BCUT2D eigenvalue weighted by Crippen LogP contribution is 2.17. The van der Waals surface area contributed by atoms with Crippen LogP contribution in [0.4, 0.5) is 0 Å². The molecular weight excluding hydrogens is 256 g/mol. The number of amides is 1. The molecule has 0 aromatic heterocycles. The van der Waals surface area contributed by atoms with Crippen molar-refractivity contribution >= 4 is 11.9 Å². The second kappa shape index (κ2) is 8.25. The maximum absolute atomic E-state index is 12.0. The molecule has 1 aliphatic rings. The predicted octanol–water partition coefficient (Wildman–Crippen LogP) is 2.06. The third kappa shape index (κ3) is 4.78. The molecular formula is C15H28N2O3. The van der Waals surface area contributed by atoms with Gasteiger partial charge in [0.15, 0.2) is 0 Å². The zero-order chi connectivity index (χ0) is 15.0. The lowest BCUT2D eigenvalue weighted by atomic mass is 9.93. The van der Waals surface area contributed by atoms with Crippen LogP contribution in [0.15, 0.2) is 0 Å². The quantitative estimate of drug-likeness (QED) is 0.625. The molecule has 0 aliphatic heterocycles. The largest absolute Gasteiger partial charge is 0.480 e. The molecule has 0 atom stereocenters. The van der Waals surface area contributed by atoms with E-state index in [4.69, 9.17) is 0 Å². The minimum absolute atomic E-state index is 0.0739. The molecule has 0 unspecified atom stereocenters. The van der Waals surface area contributed by atoms with E-state index in [9.17, 15) is 14.7 Å². The van der Waals surface area contributed by atoms with Crippen LogP contribution in [0.5, 0.6) is 0 Å². The summed E-state index contributed by atoms with van der Waals surface area (Å²) < 4.78 is 0. The van der Waals surface area contributed by atoms with E-state index in [0.717, 1.165) is 12.8 Å². The predicted molar refractivity (Wildman–Crippen MR) is 78.6 cm³/mol. The van der Waals surface area contributed by atoms with E-state index in [1.165, 1.54) is 25.7 Å². The normalized spacial score (nSPS) is 17.5. The molecule has 0 heterocycles. The van der Waals surface area contributed by atoms with Crippen molar-refractivity contribution in [3.63, 3.8) is 0 Å². The van der Waals surface area contributed by atoms with Gasteiger partial charge in [-0.15, -0.1) is 0 Å². The Morgan fingerprint density at radius 2 is 1.65 bits per heavy atom. The fourth-order valence-corrected chi connectivity index (χ4v) is 2.83. The summed E-state index contributed by atoms with van der Waals surface area (Å²) in [6.07, 6.45) is 7.85. The molecule has 0 aromatic carbocycles. The molecule has 1 fully saturated rings. The van der Waals surface area contributed by atoms with Crippen molar-refractivity contribution in [1.29, 1.82) is 0 Å². The van der Waals surface area contributed by atoms with Crippen molar-refractivity contribution in [3.8, 4) is 0 Å². The van der Waals surface area contributed by atoms with Gasteiger partial charge in [0, 0.05) is 6.04 Å². The molecule has 0 aromatic rings. The summed E-state index contributed by atoms with van der Waals surface area (Å²) in [5.74, 6) is -0.978. The third-order valence-electron chi connectivity index (χ3n) is 4.42. The smallest absolute Gasteiger partial charge is 0.323 e. The summed E-state index contributed by atoms with van der Waals surface area (Å²) in [4.78, 5) is 23.3. The highest BCUT2D eigenvalue weighted by molar-refractivity contribution is 5.82. The first-order chi connectivity index (χ1) is 9.54. The summed E-state index contributed by atoms with van der Waals surface area (Å²) >= 11 is 0. The van der Waals surface area contributed by atoms with E-state index in [1.54, 1.807) is 0 Å². The van der Waals surface area contributed by atoms with Crippen LogP contribution in [0.2, 0.25) is 0 Å². The number of nitrogens with one attached hydrogen (secondary N) is 2. The summed E-state index contributed by atoms with van der Waals surface area (Å²) in [5.41, 5.74) is -0.985. The molecule has 116 valence electrons. The molecule has 0 spiro atoms. The number of rotatable bonds is 7. The van der Waals surface area contributed by atoms with Crippen LogP contribution in [0.25, 0.3) is 0 Å². The van der Waals surface area contributed by atoms with Crippen LogP contribution in [0.3, 0.4) is 0 Å². The van der Waals surface area contributed by atoms with Gasteiger partial charge < -0.3 is 10.4 Å². The molecule has 5 nitrogen and oxygen atoms in total. The second-order valence-corrected chi connectivity index (χ2v) is 5.70. The van der Waals surface area contributed by atoms with E-state index >= 15 is 0 Å². The van der Waals surface area contributed by atoms with Crippen LogP contribution in [0, 0.1) is 0 Å². The Balaban J connectivity index is 2.43. The van der Waals surface area contributed by atoms with Crippen LogP contribution >= 0.6 is 0 Å². The number of hydrogen-bond acceptors (Lipinski definition) is 3. The van der Waals surface area contributed by atoms with Crippen LogP contribution in [0.1, 0.15) is 65.2 Å². The number of carboxylic acid groups (broad SMARTS) is 1. The maximum Gasteiger partial charge on any atom is 0.323 e. The Morgan fingerprint density at radius 1 is 1.10 bits per heavy atom. The molecule has 1 saturated carbocycles. The number of carbonyl (C=O) groups is 2. The Labute approximate surface area is 121 Å². The van der Waals surface area contributed by atoms with E-state index in [1.807, 2.05) is 13.8 Å². The molecule has 20 heavy (non-hydrogen) atoms. The molecule has 0 radical (unpaired) electrons. The van der Waals surface area contributed by atoms with Crippen molar-refractivity contribution < 1.29 is 14.7 Å². The van der Waals surface area contributed by atoms with Crippen LogP contribution in [-0.2, 0) is 9.59 Å². The van der Waals surface area contributed by atoms with Gasteiger partial charge in [0.25, 0.3) is 0 Å². The summed E-state index contributed by atoms with van der Waals surface area (Å²) in [6.45, 7) is 3.73. The van der Waals surface area contributed by atoms with Crippen molar-refractivity contribution in [1.82, 2.24) is 10.6 Å². The van der Waals surface area contributed by atoms with Gasteiger partial charge in [0.1, 0.15) is 5.54 Å². The van der Waals surface area contributed by atoms with Crippen molar-refractivity contribution in [2.45, 2.75) is 76.8 Å². The molecule has 1 aliphatic carbocycles. The lowest BCUT2D eigenvalue weighted by Gasteiger charge is -2.28. The zero-order valence-electron chi connectivity index (χ0n) is 12.7. The summed E-state index contributed by atoms with van der Waals surface area (Å²) in [6, 6.07) is 0.259. The average Bonchev–Trinajstić information content (AvgIpc) is 2.69. The Hall–Kier alpha value is -1.10. The van der Waals surface area contributed by atoms with Gasteiger partial charge in [-0.1, -0.05) is 39.5 Å². The standard InChI is InChI=1S/C15H28N2O3/c1-3-15(4-2,14(19)20)16-11-13(18)17-12-9-7-5-6-8-10-12/h12,16H,3-11H2,1-2H3,(H,17,18)(H,19,20). The Kier molecular flexibility index (Phi) is 6.99. The van der Waals surface area contributed by atoms with E-state index in [-0.39, 0.29) is 18.5 Å². The highest BCUT2D eigenvalue weighted by Gasteiger charge is 2.34. The molecule has 3 N–H and O–H groups in total. The number of hydrogen-bond donors (Lipinski definition) is 3. The lowest BCUT2D eigenvalue weighted by molar-refractivity contribution is -0.145. The second-order valence-electron chi connectivity index (χ2n) is 5.70.